The number of para-hydroxylation sites is 2. The van der Waals surface area contributed by atoms with Crippen molar-refractivity contribution >= 4 is 23.6 Å². The Kier molecular flexibility index (Phi) is 13.3. The van der Waals surface area contributed by atoms with Crippen LogP contribution in [0.2, 0.25) is 0 Å². The molecule has 14 nitrogen and oxygen atoms in total. The van der Waals surface area contributed by atoms with Crippen LogP contribution in [0, 0.1) is 0 Å². The summed E-state index contributed by atoms with van der Waals surface area (Å²) in [6.07, 6.45) is 3.11. The molecular formula is C31H39N7O7. The first kappa shape index (κ1) is 33.1. The minimum atomic E-state index is -0.983. The van der Waals surface area contributed by atoms with Crippen molar-refractivity contribution in [2.24, 2.45) is 0 Å². The molecule has 0 saturated carbocycles. The van der Waals surface area contributed by atoms with Crippen molar-refractivity contribution < 1.29 is 33.4 Å². The number of hydrogen-bond donors (Lipinski definition) is 4. The maximum Gasteiger partial charge on any atom is 0.257 e. The molecule has 2 aromatic carbocycles. The van der Waals surface area contributed by atoms with Crippen LogP contribution in [-0.4, -0.2) is 96.8 Å². The fourth-order valence-electron chi connectivity index (χ4n) is 4.47. The standard InChI is InChI=1S/C31H39N7O7/c39-28(22-45-25-11-5-2-6-12-25)32-14-8-7-13-26-31(42)35-27(19-23-20-38(37-36-23)24-9-3-1-4-10-24)30(41)33-15-16-43-17-18-44-21-29(40)34-26/h1-6,9-12,20,26-27H,7-8,13-19,21-22H2,(H,32,39)(H,33,41)(H,34,40)(H,35,42)/t26-,27+/m0/s1. The Morgan fingerprint density at radius 1 is 0.911 bits per heavy atom. The molecule has 0 aliphatic carbocycles. The highest BCUT2D eigenvalue weighted by Gasteiger charge is 2.28. The zero-order valence-corrected chi connectivity index (χ0v) is 25.0. The summed E-state index contributed by atoms with van der Waals surface area (Å²) in [5.41, 5.74) is 1.29. The molecule has 240 valence electrons. The van der Waals surface area contributed by atoms with E-state index < -0.39 is 29.8 Å². The van der Waals surface area contributed by atoms with Crippen molar-refractivity contribution in [3.63, 3.8) is 0 Å². The lowest BCUT2D eigenvalue weighted by Crippen LogP contribution is -2.55. The molecular weight excluding hydrogens is 582 g/mol. The quantitative estimate of drug-likeness (QED) is 0.220. The SMILES string of the molecule is O=C(COc1ccccc1)NCCCC[C@@H]1NC(=O)COCCOCCNC(=O)[C@@H](Cc2cn(-c3ccccc3)nn2)NC1=O. The van der Waals surface area contributed by atoms with Gasteiger partial charge in [0, 0.05) is 19.5 Å². The number of rotatable bonds is 11. The molecule has 2 heterocycles. The molecule has 0 spiro atoms. The zero-order chi connectivity index (χ0) is 31.7. The van der Waals surface area contributed by atoms with Crippen LogP contribution >= 0.6 is 0 Å². The second-order valence-corrected chi connectivity index (χ2v) is 10.3. The number of nitrogens with one attached hydrogen (secondary N) is 4. The fourth-order valence-corrected chi connectivity index (χ4v) is 4.47. The summed E-state index contributed by atoms with van der Waals surface area (Å²) < 4.78 is 17.8. The Balaban J connectivity index is 1.35. The Bertz CT molecular complexity index is 1370. The lowest BCUT2D eigenvalue weighted by atomic mass is 10.1. The van der Waals surface area contributed by atoms with Crippen molar-refractivity contribution in [2.75, 3.05) is 46.1 Å². The molecule has 2 atom stereocenters. The monoisotopic (exact) mass is 621 g/mol. The number of ether oxygens (including phenoxy) is 3. The van der Waals surface area contributed by atoms with E-state index in [4.69, 9.17) is 14.2 Å². The van der Waals surface area contributed by atoms with Crippen LogP contribution < -0.4 is 26.0 Å². The van der Waals surface area contributed by atoms with Gasteiger partial charge in [0.2, 0.25) is 17.7 Å². The van der Waals surface area contributed by atoms with Gasteiger partial charge in [0.1, 0.15) is 24.4 Å². The molecule has 4 amide bonds. The van der Waals surface area contributed by atoms with E-state index in [-0.39, 0.29) is 58.3 Å². The average Bonchev–Trinajstić information content (AvgIpc) is 3.53. The van der Waals surface area contributed by atoms with Gasteiger partial charge in [-0.2, -0.15) is 0 Å². The van der Waals surface area contributed by atoms with Crippen molar-refractivity contribution in [3.8, 4) is 11.4 Å². The van der Waals surface area contributed by atoms with Crippen molar-refractivity contribution in [3.05, 3.63) is 72.6 Å². The van der Waals surface area contributed by atoms with E-state index in [1.165, 1.54) is 0 Å². The lowest BCUT2D eigenvalue weighted by molar-refractivity contribution is -0.133. The van der Waals surface area contributed by atoms with E-state index in [0.29, 0.717) is 30.8 Å². The molecule has 0 radical (unpaired) electrons. The number of aromatic nitrogens is 3. The van der Waals surface area contributed by atoms with Gasteiger partial charge < -0.3 is 35.5 Å². The molecule has 3 aromatic rings. The number of benzene rings is 2. The van der Waals surface area contributed by atoms with E-state index >= 15 is 0 Å². The van der Waals surface area contributed by atoms with Gasteiger partial charge in [-0.15, -0.1) is 5.10 Å². The smallest absolute Gasteiger partial charge is 0.257 e. The number of unbranched alkanes of at least 4 members (excludes halogenated alkanes) is 1. The highest BCUT2D eigenvalue weighted by Crippen LogP contribution is 2.10. The van der Waals surface area contributed by atoms with Crippen LogP contribution in [0.15, 0.2) is 66.9 Å². The van der Waals surface area contributed by atoms with Crippen molar-refractivity contribution in [1.29, 1.82) is 0 Å². The number of amides is 4. The van der Waals surface area contributed by atoms with Crippen LogP contribution in [0.1, 0.15) is 25.0 Å². The summed E-state index contributed by atoms with van der Waals surface area (Å²) in [5, 5.41) is 19.4. The molecule has 45 heavy (non-hydrogen) atoms. The summed E-state index contributed by atoms with van der Waals surface area (Å²) in [4.78, 5) is 51.3. The fraction of sp³-hybridized carbons (Fsp3) is 0.419. The highest BCUT2D eigenvalue weighted by molar-refractivity contribution is 5.92. The van der Waals surface area contributed by atoms with Crippen molar-refractivity contribution in [2.45, 2.75) is 37.8 Å². The van der Waals surface area contributed by atoms with Gasteiger partial charge >= 0.3 is 0 Å². The van der Waals surface area contributed by atoms with E-state index in [9.17, 15) is 19.2 Å². The summed E-state index contributed by atoms with van der Waals surface area (Å²) in [5.74, 6) is -1.08. The Labute approximate surface area is 261 Å². The third kappa shape index (κ3) is 11.7. The van der Waals surface area contributed by atoms with Crippen LogP contribution in [0.3, 0.4) is 0 Å². The van der Waals surface area contributed by atoms with E-state index in [1.54, 1.807) is 23.0 Å². The Morgan fingerprint density at radius 3 is 2.47 bits per heavy atom. The number of nitrogens with zero attached hydrogens (tertiary/aromatic N) is 3. The Morgan fingerprint density at radius 2 is 1.67 bits per heavy atom. The van der Waals surface area contributed by atoms with Gasteiger partial charge in [-0.1, -0.05) is 41.6 Å². The molecule has 1 fully saturated rings. The average molecular weight is 622 g/mol. The zero-order valence-electron chi connectivity index (χ0n) is 25.0. The number of carbonyl (C=O) groups excluding carboxylic acids is 4. The normalized spacial score (nSPS) is 18.4. The largest absolute Gasteiger partial charge is 0.484 e. The second-order valence-electron chi connectivity index (χ2n) is 10.3. The second kappa shape index (κ2) is 18.1. The van der Waals surface area contributed by atoms with Gasteiger partial charge in [-0.3, -0.25) is 19.2 Å². The molecule has 1 aliphatic heterocycles. The lowest BCUT2D eigenvalue weighted by Gasteiger charge is -2.23. The molecule has 14 heteroatoms. The van der Waals surface area contributed by atoms with Gasteiger partial charge in [-0.25, -0.2) is 4.68 Å². The van der Waals surface area contributed by atoms with Gasteiger partial charge in [0.25, 0.3) is 5.91 Å². The summed E-state index contributed by atoms with van der Waals surface area (Å²) in [6.45, 7) is 0.912. The molecule has 4 N–H and O–H groups in total. The van der Waals surface area contributed by atoms with Crippen LogP contribution in [-0.2, 0) is 35.1 Å². The molecule has 0 bridgehead atoms. The van der Waals surface area contributed by atoms with E-state index in [2.05, 4.69) is 31.6 Å². The summed E-state index contributed by atoms with van der Waals surface area (Å²) in [6, 6.07) is 16.5. The van der Waals surface area contributed by atoms with Gasteiger partial charge in [0.05, 0.1) is 37.4 Å². The van der Waals surface area contributed by atoms with Crippen LogP contribution in [0.4, 0.5) is 0 Å². The Hall–Kier alpha value is -4.82. The molecule has 1 aromatic heterocycles. The first-order valence-electron chi connectivity index (χ1n) is 14.9. The molecule has 1 saturated heterocycles. The predicted molar refractivity (Wildman–Crippen MR) is 162 cm³/mol. The number of hydrogen-bond acceptors (Lipinski definition) is 9. The maximum absolute atomic E-state index is 13.5. The minimum Gasteiger partial charge on any atom is -0.484 e. The maximum atomic E-state index is 13.5. The number of carbonyl (C=O) groups is 4. The third-order valence-electron chi connectivity index (χ3n) is 6.77. The summed E-state index contributed by atoms with van der Waals surface area (Å²) in [7, 11) is 0. The summed E-state index contributed by atoms with van der Waals surface area (Å²) >= 11 is 0. The van der Waals surface area contributed by atoms with Crippen LogP contribution in [0.25, 0.3) is 5.69 Å². The molecule has 0 unspecified atom stereocenters. The topological polar surface area (TPSA) is 175 Å². The first-order chi connectivity index (χ1) is 22.0. The van der Waals surface area contributed by atoms with Crippen LogP contribution in [0.5, 0.6) is 5.75 Å². The van der Waals surface area contributed by atoms with Crippen molar-refractivity contribution in [1.82, 2.24) is 36.3 Å². The molecule has 4 rings (SSSR count). The minimum absolute atomic E-state index is 0.0755. The predicted octanol–water partition coefficient (Wildman–Crippen LogP) is 0.308. The van der Waals surface area contributed by atoms with Gasteiger partial charge in [-0.05, 0) is 43.5 Å². The van der Waals surface area contributed by atoms with E-state index in [1.807, 2.05) is 48.5 Å². The highest BCUT2D eigenvalue weighted by atomic mass is 16.5. The third-order valence-corrected chi connectivity index (χ3v) is 6.77. The van der Waals surface area contributed by atoms with E-state index in [0.717, 1.165) is 5.69 Å². The first-order valence-corrected chi connectivity index (χ1v) is 14.9. The molecule has 1 aliphatic rings. The van der Waals surface area contributed by atoms with Gasteiger partial charge in [0.15, 0.2) is 6.61 Å².